The summed E-state index contributed by atoms with van der Waals surface area (Å²) in [6.45, 7) is 5.95. The van der Waals surface area contributed by atoms with Crippen LogP contribution in [0, 0.1) is 11.8 Å². The predicted molar refractivity (Wildman–Crippen MR) is 75.7 cm³/mol. The molecule has 2 fully saturated rings. The average Bonchev–Trinajstić information content (AvgIpc) is 2.41. The van der Waals surface area contributed by atoms with Gasteiger partial charge in [-0.25, -0.2) is 0 Å². The highest BCUT2D eigenvalue weighted by molar-refractivity contribution is 4.76. The normalized spacial score (nSPS) is 26.7. The number of aliphatic hydroxyl groups excluding tert-OH is 1. The molecular weight excluding hydrogens is 224 g/mol. The van der Waals surface area contributed by atoms with Gasteiger partial charge < -0.3 is 15.3 Å². The molecule has 0 aromatic carbocycles. The Balaban J connectivity index is 1.74. The van der Waals surface area contributed by atoms with Crippen LogP contribution in [-0.2, 0) is 0 Å². The van der Waals surface area contributed by atoms with Crippen LogP contribution in [0.5, 0.6) is 0 Å². The molecule has 1 aliphatic carbocycles. The molecule has 2 aliphatic rings. The van der Waals surface area contributed by atoms with E-state index in [1.54, 1.807) is 0 Å². The molecular formula is C15H30N2O. The van der Waals surface area contributed by atoms with Crippen LogP contribution in [0.25, 0.3) is 0 Å². The molecule has 0 amide bonds. The predicted octanol–water partition coefficient (Wildman–Crippen LogP) is 1.86. The summed E-state index contributed by atoms with van der Waals surface area (Å²) < 4.78 is 0. The molecule has 0 aromatic heterocycles. The Hall–Kier alpha value is -0.120. The smallest absolute Gasteiger partial charge is 0.0558 e. The zero-order valence-corrected chi connectivity index (χ0v) is 11.7. The second-order valence-electron chi connectivity index (χ2n) is 6.20. The first-order chi connectivity index (χ1) is 8.88. The minimum atomic E-state index is 0.312. The lowest BCUT2D eigenvalue weighted by Gasteiger charge is -2.33. The average molecular weight is 254 g/mol. The highest BCUT2D eigenvalue weighted by Gasteiger charge is 2.20. The maximum Gasteiger partial charge on any atom is 0.0558 e. The van der Waals surface area contributed by atoms with E-state index in [1.807, 2.05) is 0 Å². The first-order valence-corrected chi connectivity index (χ1v) is 7.92. The standard InChI is InChI=1S/C15H30N2O/c18-10-9-17(12-14-5-2-1-3-6-14)13-15-7-4-8-16-11-15/h14-16,18H,1-13H2. The van der Waals surface area contributed by atoms with Crippen molar-refractivity contribution in [3.63, 3.8) is 0 Å². The second kappa shape index (κ2) is 8.13. The molecule has 0 bridgehead atoms. The van der Waals surface area contributed by atoms with Crippen LogP contribution in [-0.4, -0.2) is 49.3 Å². The minimum absolute atomic E-state index is 0.312. The second-order valence-corrected chi connectivity index (χ2v) is 6.20. The van der Waals surface area contributed by atoms with Crippen LogP contribution in [0.3, 0.4) is 0 Å². The fourth-order valence-corrected chi connectivity index (χ4v) is 3.58. The summed E-state index contributed by atoms with van der Waals surface area (Å²) in [5.74, 6) is 1.69. The van der Waals surface area contributed by atoms with Crippen LogP contribution in [0.1, 0.15) is 44.9 Å². The van der Waals surface area contributed by atoms with Gasteiger partial charge >= 0.3 is 0 Å². The van der Waals surface area contributed by atoms with Gasteiger partial charge in [0.2, 0.25) is 0 Å². The van der Waals surface area contributed by atoms with Crippen molar-refractivity contribution in [1.29, 1.82) is 0 Å². The number of hydrogen-bond acceptors (Lipinski definition) is 3. The van der Waals surface area contributed by atoms with Crippen molar-refractivity contribution in [1.82, 2.24) is 10.2 Å². The van der Waals surface area contributed by atoms with Crippen molar-refractivity contribution < 1.29 is 5.11 Å². The number of rotatable bonds is 6. The van der Waals surface area contributed by atoms with Gasteiger partial charge in [-0.1, -0.05) is 19.3 Å². The van der Waals surface area contributed by atoms with Crippen molar-refractivity contribution in [2.45, 2.75) is 44.9 Å². The van der Waals surface area contributed by atoms with E-state index in [2.05, 4.69) is 10.2 Å². The van der Waals surface area contributed by atoms with E-state index in [0.29, 0.717) is 6.61 Å². The molecule has 0 aromatic rings. The van der Waals surface area contributed by atoms with Crippen LogP contribution < -0.4 is 5.32 Å². The Kier molecular flexibility index (Phi) is 6.46. The Bertz CT molecular complexity index is 191. The van der Waals surface area contributed by atoms with Crippen molar-refractivity contribution in [2.75, 3.05) is 39.3 Å². The molecule has 3 nitrogen and oxygen atoms in total. The van der Waals surface area contributed by atoms with Gasteiger partial charge in [0.15, 0.2) is 0 Å². The van der Waals surface area contributed by atoms with Gasteiger partial charge in [-0.05, 0) is 50.6 Å². The lowest BCUT2D eigenvalue weighted by molar-refractivity contribution is 0.135. The maximum atomic E-state index is 9.24. The SMILES string of the molecule is OCCN(CC1CCCCC1)CC1CCCNC1. The van der Waals surface area contributed by atoms with E-state index in [-0.39, 0.29) is 0 Å². The summed E-state index contributed by atoms with van der Waals surface area (Å²) in [4.78, 5) is 2.52. The van der Waals surface area contributed by atoms with E-state index in [4.69, 9.17) is 0 Å². The molecule has 106 valence electrons. The fraction of sp³-hybridized carbons (Fsp3) is 1.00. The first kappa shape index (κ1) is 14.3. The number of hydrogen-bond donors (Lipinski definition) is 2. The molecule has 0 radical (unpaired) electrons. The number of nitrogens with one attached hydrogen (secondary N) is 1. The molecule has 1 saturated heterocycles. The quantitative estimate of drug-likeness (QED) is 0.759. The summed E-state index contributed by atoms with van der Waals surface area (Å²) in [7, 11) is 0. The fourth-order valence-electron chi connectivity index (χ4n) is 3.58. The summed E-state index contributed by atoms with van der Waals surface area (Å²) in [5.41, 5.74) is 0. The summed E-state index contributed by atoms with van der Waals surface area (Å²) >= 11 is 0. The van der Waals surface area contributed by atoms with Crippen molar-refractivity contribution in [3.8, 4) is 0 Å². The van der Waals surface area contributed by atoms with Gasteiger partial charge in [0, 0.05) is 19.6 Å². The molecule has 1 saturated carbocycles. The largest absolute Gasteiger partial charge is 0.395 e. The number of aliphatic hydroxyl groups is 1. The lowest BCUT2D eigenvalue weighted by atomic mass is 9.88. The monoisotopic (exact) mass is 254 g/mol. The molecule has 1 aliphatic heterocycles. The van der Waals surface area contributed by atoms with Crippen LogP contribution >= 0.6 is 0 Å². The highest BCUT2D eigenvalue weighted by atomic mass is 16.3. The first-order valence-electron chi connectivity index (χ1n) is 7.92. The minimum Gasteiger partial charge on any atom is -0.395 e. The number of piperidine rings is 1. The van der Waals surface area contributed by atoms with Crippen LogP contribution in [0.15, 0.2) is 0 Å². The third-order valence-corrected chi connectivity index (χ3v) is 4.57. The van der Waals surface area contributed by atoms with Gasteiger partial charge in [0.05, 0.1) is 6.61 Å². The van der Waals surface area contributed by atoms with E-state index in [0.717, 1.165) is 18.4 Å². The Morgan fingerprint density at radius 3 is 2.33 bits per heavy atom. The van der Waals surface area contributed by atoms with Crippen LogP contribution in [0.2, 0.25) is 0 Å². The van der Waals surface area contributed by atoms with E-state index in [9.17, 15) is 5.11 Å². The third kappa shape index (κ3) is 4.87. The van der Waals surface area contributed by atoms with Crippen LogP contribution in [0.4, 0.5) is 0 Å². The molecule has 0 spiro atoms. The van der Waals surface area contributed by atoms with Gasteiger partial charge in [0.1, 0.15) is 0 Å². The Labute approximate surface area is 112 Å². The highest BCUT2D eigenvalue weighted by Crippen LogP contribution is 2.25. The topological polar surface area (TPSA) is 35.5 Å². The molecule has 1 heterocycles. The van der Waals surface area contributed by atoms with Crippen molar-refractivity contribution in [3.05, 3.63) is 0 Å². The van der Waals surface area contributed by atoms with E-state index < -0.39 is 0 Å². The summed E-state index contributed by atoms with van der Waals surface area (Å²) in [5, 5.41) is 12.7. The molecule has 1 unspecified atom stereocenters. The summed E-state index contributed by atoms with van der Waals surface area (Å²) in [6.07, 6.45) is 9.77. The number of nitrogens with zero attached hydrogens (tertiary/aromatic N) is 1. The zero-order valence-electron chi connectivity index (χ0n) is 11.7. The molecule has 1 atom stereocenters. The molecule has 3 heteroatoms. The third-order valence-electron chi connectivity index (χ3n) is 4.57. The van der Waals surface area contributed by atoms with E-state index >= 15 is 0 Å². The lowest BCUT2D eigenvalue weighted by Crippen LogP contribution is -2.41. The maximum absolute atomic E-state index is 9.24. The van der Waals surface area contributed by atoms with Crippen molar-refractivity contribution >= 4 is 0 Å². The van der Waals surface area contributed by atoms with Gasteiger partial charge in [0.25, 0.3) is 0 Å². The van der Waals surface area contributed by atoms with Crippen molar-refractivity contribution in [2.24, 2.45) is 11.8 Å². The Morgan fingerprint density at radius 1 is 0.944 bits per heavy atom. The van der Waals surface area contributed by atoms with Gasteiger partial charge in [-0.15, -0.1) is 0 Å². The Morgan fingerprint density at radius 2 is 1.67 bits per heavy atom. The molecule has 2 rings (SSSR count). The molecule has 18 heavy (non-hydrogen) atoms. The summed E-state index contributed by atoms with van der Waals surface area (Å²) in [6, 6.07) is 0. The van der Waals surface area contributed by atoms with E-state index in [1.165, 1.54) is 71.1 Å². The van der Waals surface area contributed by atoms with Gasteiger partial charge in [-0.3, -0.25) is 0 Å². The zero-order chi connectivity index (χ0) is 12.6. The molecule has 2 N–H and O–H groups in total. The van der Waals surface area contributed by atoms with Gasteiger partial charge in [-0.2, -0.15) is 0 Å².